The highest BCUT2D eigenvalue weighted by molar-refractivity contribution is 5.99. The van der Waals surface area contributed by atoms with Crippen LogP contribution in [0.15, 0.2) is 82.0 Å². The molecule has 0 unspecified atom stereocenters. The highest BCUT2D eigenvalue weighted by Gasteiger charge is 2.40. The number of primary amides is 2. The van der Waals surface area contributed by atoms with Crippen LogP contribution in [0.4, 0.5) is 17.1 Å². The third-order valence-corrected chi connectivity index (χ3v) is 18.2. The van der Waals surface area contributed by atoms with Gasteiger partial charge in [0.15, 0.2) is 17.9 Å². The van der Waals surface area contributed by atoms with Crippen LogP contribution >= 0.6 is 0 Å². The van der Waals surface area contributed by atoms with Crippen molar-refractivity contribution in [1.29, 1.82) is 16.2 Å². The molecule has 27 N–H and O–H groups in total. The monoisotopic (exact) mass is 1650 g/mol. The number of carbonyl (C=O) groups is 13. The molecule has 118 heavy (non-hydrogen) atoms. The quantitative estimate of drug-likeness (QED) is 0.00501. The summed E-state index contributed by atoms with van der Waals surface area (Å²) in [4.78, 5) is 215. The molecule has 1 fully saturated rings. The number of nitrogens with one attached hydrogen (secondary N) is 16. The first-order valence-corrected chi connectivity index (χ1v) is 37.5. The van der Waals surface area contributed by atoms with Crippen molar-refractivity contribution in [3.05, 3.63) is 115 Å². The van der Waals surface area contributed by atoms with Crippen molar-refractivity contribution < 1.29 is 91.2 Å². The number of methoxy groups -OCH3 is 1. The molecule has 3 aromatic carbocycles. The van der Waals surface area contributed by atoms with Gasteiger partial charge in [0.05, 0.1) is 42.6 Å². The Labute approximate surface area is 674 Å². The molecule has 0 radical (unpaired) electrons. The largest absolute Gasteiger partial charge is 0.497 e. The number of nitrogens with zero attached hydrogens (tertiary/aromatic N) is 3. The van der Waals surface area contributed by atoms with Crippen molar-refractivity contribution in [2.24, 2.45) is 28.7 Å². The van der Waals surface area contributed by atoms with Gasteiger partial charge in [-0.05, 0) is 120 Å². The summed E-state index contributed by atoms with van der Waals surface area (Å²) >= 11 is 0. The van der Waals surface area contributed by atoms with E-state index in [9.17, 15) is 92.5 Å². The van der Waals surface area contributed by atoms with Gasteiger partial charge in [-0.15, -0.1) is 0 Å². The van der Waals surface area contributed by atoms with E-state index in [0.717, 1.165) is 30.7 Å². The maximum absolute atomic E-state index is 14.8. The average Bonchev–Trinajstić information content (AvgIpc) is 1.40. The summed E-state index contributed by atoms with van der Waals surface area (Å²) in [6, 6.07) is 3.06. The first kappa shape index (κ1) is 94.7. The van der Waals surface area contributed by atoms with E-state index in [2.05, 4.69) is 69.1 Å². The lowest BCUT2D eigenvalue weighted by Crippen LogP contribution is -2.60. The molecule has 0 spiro atoms. The van der Waals surface area contributed by atoms with Crippen molar-refractivity contribution in [2.75, 3.05) is 58.3 Å². The van der Waals surface area contributed by atoms with Crippen LogP contribution in [0.25, 0.3) is 11.0 Å². The van der Waals surface area contributed by atoms with Crippen molar-refractivity contribution in [1.82, 2.24) is 68.7 Å². The minimum Gasteiger partial charge on any atom is -0.497 e. The third-order valence-electron chi connectivity index (χ3n) is 18.2. The average molecular weight is 1660 g/mol. The van der Waals surface area contributed by atoms with E-state index in [1.807, 2.05) is 12.1 Å². The number of aliphatic carboxylic acids is 1. The Balaban J connectivity index is 1.40. The Hall–Kier alpha value is -13.8. The van der Waals surface area contributed by atoms with E-state index < -0.39 is 215 Å². The summed E-state index contributed by atoms with van der Waals surface area (Å²) in [5, 5.41) is 88.9. The molecule has 5 rings (SSSR count). The molecule has 642 valence electrons. The molecule has 0 saturated carbocycles. The first-order valence-electron chi connectivity index (χ1n) is 37.5. The number of non-ortho nitro benzene ring substituents is 1. The van der Waals surface area contributed by atoms with Crippen LogP contribution in [0.5, 0.6) is 5.75 Å². The number of likely N-dealkylation sites (tertiary alicyclic amines) is 1. The SMILES string of the molecule is COc1ccc2c(CC(=O)N[C@@H](CCCNC(=N)N)C(=O)N3CCC[C@H]3C(=O)N[C@@H](CCC(N)=O)C(=O)NCC(=O)N[C@@H](CCCCOCc3ccccc3)C(=O)N[C@@H](CNc3ccc([N+](=O)[O-])cc3[N+](=O)[O-])C(=O)N[C@@H](C)C(=O)N[C@@H](CCCNC(=N)N)C(=O)N[C@@H](CCC(=O)O)C(=O)N[C@@H](CCCNC(=N)N)C(N)=O)cc(=O)oc2c1. The van der Waals surface area contributed by atoms with Crippen LogP contribution < -0.4 is 108 Å². The smallest absolute Gasteiger partial charge is 0.336 e. The van der Waals surface area contributed by atoms with Gasteiger partial charge in [0.1, 0.15) is 71.4 Å². The fourth-order valence-corrected chi connectivity index (χ4v) is 12.1. The topological polar surface area (TPSA) is 738 Å². The van der Waals surface area contributed by atoms with Gasteiger partial charge in [0.25, 0.3) is 11.4 Å². The number of nitro groups is 2. The molecule has 0 bridgehead atoms. The number of hydrogen-bond acceptors (Lipinski definition) is 25. The maximum atomic E-state index is 14.8. The number of hydrogen-bond donors (Lipinski definition) is 22. The number of ether oxygens (including phenoxy) is 2. The number of benzene rings is 3. The lowest BCUT2D eigenvalue weighted by Gasteiger charge is -2.30. The van der Waals surface area contributed by atoms with Gasteiger partial charge in [-0.3, -0.25) is 98.8 Å². The van der Waals surface area contributed by atoms with Gasteiger partial charge in [-0.2, -0.15) is 0 Å². The van der Waals surface area contributed by atoms with Gasteiger partial charge in [-0.1, -0.05) is 30.3 Å². The normalized spacial score (nSPS) is 14.2. The molecule has 12 amide bonds. The molecule has 2 heterocycles. The summed E-state index contributed by atoms with van der Waals surface area (Å²) in [6.45, 7) is -0.236. The molecule has 0 aliphatic carbocycles. The number of rotatable bonds is 52. The highest BCUT2D eigenvalue weighted by atomic mass is 16.6. The molecule has 46 heteroatoms. The molecular weight excluding hydrogens is 1550 g/mol. The lowest BCUT2D eigenvalue weighted by molar-refractivity contribution is -0.393. The second-order valence-corrected chi connectivity index (χ2v) is 27.2. The van der Waals surface area contributed by atoms with Gasteiger partial charge in [-0.25, -0.2) is 4.79 Å². The fourth-order valence-electron chi connectivity index (χ4n) is 12.1. The number of unbranched alkanes of at least 4 members (excludes halogenated alkanes) is 1. The van der Waals surface area contributed by atoms with Gasteiger partial charge >= 0.3 is 11.6 Å². The molecule has 9 atom stereocenters. The predicted octanol–water partition coefficient (Wildman–Crippen LogP) is -3.93. The second-order valence-electron chi connectivity index (χ2n) is 27.2. The van der Waals surface area contributed by atoms with E-state index in [4.69, 9.17) is 58.8 Å². The third kappa shape index (κ3) is 32.9. The number of carbonyl (C=O) groups excluding carboxylic acids is 12. The van der Waals surface area contributed by atoms with Crippen LogP contribution in [0, 0.1) is 36.5 Å². The van der Waals surface area contributed by atoms with Crippen molar-refractivity contribution in [3.63, 3.8) is 0 Å². The first-order chi connectivity index (χ1) is 56.0. The minimum atomic E-state index is -1.93. The number of anilines is 1. The second kappa shape index (κ2) is 48.4. The number of nitrogens with two attached hydrogens (primary N) is 5. The minimum absolute atomic E-state index is 0.0100. The fraction of sp³-hybridized carbons (Fsp3) is 0.486. The number of nitro benzene ring substituents is 2. The maximum Gasteiger partial charge on any atom is 0.336 e. The molecule has 1 aromatic heterocycles. The highest BCUT2D eigenvalue weighted by Crippen LogP contribution is 2.30. The molecular formula is C72H102N24O22. The number of carboxylic acid groups (broad SMARTS) is 1. The molecule has 46 nitrogen and oxygen atoms in total. The Kier molecular flexibility index (Phi) is 38.8. The number of fused-ring (bicyclic) bond motifs is 1. The van der Waals surface area contributed by atoms with Crippen LogP contribution in [-0.4, -0.2) is 222 Å². The van der Waals surface area contributed by atoms with E-state index in [1.54, 1.807) is 30.3 Å². The summed E-state index contributed by atoms with van der Waals surface area (Å²) in [6.07, 6.45) is -2.37. The molecule has 1 aliphatic rings. The van der Waals surface area contributed by atoms with E-state index >= 15 is 0 Å². The Morgan fingerprint density at radius 1 is 0.593 bits per heavy atom. The molecule has 4 aromatic rings. The van der Waals surface area contributed by atoms with Gasteiger partial charge < -0.3 is 122 Å². The summed E-state index contributed by atoms with van der Waals surface area (Å²) in [5.74, 6) is -14.3. The zero-order chi connectivity index (χ0) is 87.1. The molecule has 1 aliphatic heterocycles. The number of carboxylic acids is 1. The standard InChI is InChI=1S/C72H102N24O22/c1-39(62(104)90-48(16-9-28-82-71(77)78)65(107)91-50(24-26-59(100)101)66(108)89-46(61(74)103)15-8-27-81-70(75)76)86-67(109)52(36-84-45-22-19-42(95(112)113)34-54(45)96(114)115)93-64(106)47(14-6-7-31-117-38-40-12-4-3-5-13-40)87-58(99)37-85-63(105)49(23-25-56(73)97)92-68(110)53-18-11-30-94(53)69(111)51(17-10-29-83-72(79)80)88-57(98)32-41-33-60(102)118-55-35-43(116-2)20-21-44(41)55/h3-5,12-13,19-22,33-35,39,46-53,84H,6-11,14-18,23-32,36-38H2,1-2H3,(H2,73,97)(H2,74,103)(H,85,105)(H,86,109)(H,87,99)(H,88,98)(H,89,108)(H,90,104)(H,91,107)(H,92,110)(H,93,106)(H,100,101)(H4,75,76,81)(H4,77,78,82)(H4,79,80,83)/t39-,46-,47-,48-,49-,50-,51-,52-,53-/m0/s1. The van der Waals surface area contributed by atoms with E-state index in [0.29, 0.717) is 17.2 Å². The van der Waals surface area contributed by atoms with Crippen molar-refractivity contribution in [2.45, 2.75) is 171 Å². The van der Waals surface area contributed by atoms with Crippen LogP contribution in [0.2, 0.25) is 0 Å². The van der Waals surface area contributed by atoms with Gasteiger partial charge in [0.2, 0.25) is 70.9 Å². The predicted molar refractivity (Wildman–Crippen MR) is 422 cm³/mol. The molecule has 1 saturated heterocycles. The van der Waals surface area contributed by atoms with Crippen LogP contribution in [0.1, 0.15) is 114 Å². The zero-order valence-electron chi connectivity index (χ0n) is 64.8. The van der Waals surface area contributed by atoms with Crippen molar-refractivity contribution >= 4 is 123 Å². The lowest BCUT2D eigenvalue weighted by atomic mass is 10.0. The number of amides is 12. The summed E-state index contributed by atoms with van der Waals surface area (Å²) < 4.78 is 16.4. The Bertz CT molecular complexity index is 4340. The summed E-state index contributed by atoms with van der Waals surface area (Å²) in [7, 11) is 1.41. The van der Waals surface area contributed by atoms with Gasteiger partial charge in [0, 0.05) is 75.8 Å². The Morgan fingerprint density at radius 3 is 1.74 bits per heavy atom. The number of guanidine groups is 3. The summed E-state index contributed by atoms with van der Waals surface area (Å²) in [5.41, 5.74) is 25.7. The Morgan fingerprint density at radius 2 is 1.14 bits per heavy atom. The van der Waals surface area contributed by atoms with Crippen molar-refractivity contribution in [3.8, 4) is 5.75 Å². The van der Waals surface area contributed by atoms with Crippen LogP contribution in [-0.2, 0) is 80.1 Å². The zero-order valence-corrected chi connectivity index (χ0v) is 64.8. The van der Waals surface area contributed by atoms with Crippen LogP contribution in [0.3, 0.4) is 0 Å². The van der Waals surface area contributed by atoms with E-state index in [1.165, 1.54) is 18.1 Å². The van der Waals surface area contributed by atoms with E-state index in [-0.39, 0.29) is 133 Å².